The second-order valence-corrected chi connectivity index (χ2v) is 9.45. The van der Waals surface area contributed by atoms with Crippen LogP contribution in [-0.4, -0.2) is 43.5 Å². The van der Waals surface area contributed by atoms with Crippen molar-refractivity contribution in [2.45, 2.75) is 44.3 Å². The number of ether oxygens (including phenoxy) is 2. The Hall–Kier alpha value is -2.39. The van der Waals surface area contributed by atoms with Crippen LogP contribution in [0.4, 0.5) is 5.69 Å². The number of anilines is 1. The molecule has 1 aromatic carbocycles. The van der Waals surface area contributed by atoms with Gasteiger partial charge in [-0.2, -0.15) is 4.31 Å². The topological polar surface area (TPSA) is 102 Å². The number of benzene rings is 1. The number of nitrogens with zero attached hydrogens (tertiary/aromatic N) is 1. The fourth-order valence-electron chi connectivity index (χ4n) is 3.17. The van der Waals surface area contributed by atoms with Gasteiger partial charge in [0.15, 0.2) is 5.57 Å². The average molecular weight is 408 g/mol. The molecule has 1 unspecified atom stereocenters. The highest BCUT2D eigenvalue weighted by Crippen LogP contribution is 2.25. The first kappa shape index (κ1) is 20.3. The standard InChI is InChI=1S/C19H24N2O6S/c1-13-5-4-10-21(12-13)28(24,25)15-8-6-14(7-9-15)20-11-16-17(22)26-19(2,3)27-18(16)23/h6-9,11,13,20H,4-5,10,12H2,1-3H3. The van der Waals surface area contributed by atoms with Crippen LogP contribution in [0.15, 0.2) is 40.9 Å². The Morgan fingerprint density at radius 3 is 2.32 bits per heavy atom. The van der Waals surface area contributed by atoms with Gasteiger partial charge in [0.25, 0.3) is 5.79 Å². The average Bonchev–Trinajstić information content (AvgIpc) is 2.60. The van der Waals surface area contributed by atoms with Crippen LogP contribution >= 0.6 is 0 Å². The quantitative estimate of drug-likeness (QED) is 0.463. The molecule has 1 aromatic rings. The van der Waals surface area contributed by atoms with E-state index in [2.05, 4.69) is 5.32 Å². The predicted molar refractivity (Wildman–Crippen MR) is 102 cm³/mol. The van der Waals surface area contributed by atoms with E-state index in [1.807, 2.05) is 6.92 Å². The zero-order chi connectivity index (χ0) is 20.5. The fourth-order valence-corrected chi connectivity index (χ4v) is 4.77. The maximum absolute atomic E-state index is 12.8. The predicted octanol–water partition coefficient (Wildman–Crippen LogP) is 2.24. The molecule has 2 heterocycles. The minimum atomic E-state index is -3.54. The molecule has 2 saturated heterocycles. The Labute approximate surface area is 164 Å². The number of nitrogens with one attached hydrogen (secondary N) is 1. The van der Waals surface area contributed by atoms with Crippen LogP contribution < -0.4 is 5.32 Å². The first-order valence-electron chi connectivity index (χ1n) is 9.12. The third kappa shape index (κ3) is 4.36. The van der Waals surface area contributed by atoms with Gasteiger partial charge in [0.05, 0.1) is 4.90 Å². The molecule has 1 N–H and O–H groups in total. The van der Waals surface area contributed by atoms with Gasteiger partial charge < -0.3 is 14.8 Å². The SMILES string of the molecule is CC1CCCN(S(=O)(=O)c2ccc(NC=C3C(=O)OC(C)(C)OC3=O)cc2)C1. The normalized spacial score (nSPS) is 23.0. The van der Waals surface area contributed by atoms with E-state index < -0.39 is 27.7 Å². The molecule has 0 amide bonds. The summed E-state index contributed by atoms with van der Waals surface area (Å²) in [5.41, 5.74) is 0.252. The van der Waals surface area contributed by atoms with E-state index >= 15 is 0 Å². The highest BCUT2D eigenvalue weighted by atomic mass is 32.2. The minimum Gasteiger partial charge on any atom is -0.419 e. The van der Waals surface area contributed by atoms with Crippen molar-refractivity contribution in [3.63, 3.8) is 0 Å². The van der Waals surface area contributed by atoms with Crippen molar-refractivity contribution in [2.75, 3.05) is 18.4 Å². The number of hydrogen-bond donors (Lipinski definition) is 1. The second-order valence-electron chi connectivity index (χ2n) is 7.52. The van der Waals surface area contributed by atoms with Crippen LogP contribution in [0.25, 0.3) is 0 Å². The molecule has 9 heteroatoms. The summed E-state index contributed by atoms with van der Waals surface area (Å²) in [7, 11) is -3.54. The maximum atomic E-state index is 12.8. The van der Waals surface area contributed by atoms with E-state index in [9.17, 15) is 18.0 Å². The Balaban J connectivity index is 1.71. The van der Waals surface area contributed by atoms with Gasteiger partial charge in [-0.3, -0.25) is 0 Å². The molecule has 8 nitrogen and oxygen atoms in total. The van der Waals surface area contributed by atoms with Crippen molar-refractivity contribution in [2.24, 2.45) is 5.92 Å². The number of rotatable bonds is 4. The molecule has 0 aliphatic carbocycles. The van der Waals surface area contributed by atoms with E-state index in [1.165, 1.54) is 36.5 Å². The minimum absolute atomic E-state index is 0.207. The van der Waals surface area contributed by atoms with E-state index in [1.54, 1.807) is 12.1 Å². The third-order valence-corrected chi connectivity index (χ3v) is 6.49. The summed E-state index contributed by atoms with van der Waals surface area (Å²) in [6.07, 6.45) is 3.08. The highest BCUT2D eigenvalue weighted by Gasteiger charge is 2.39. The molecule has 0 bridgehead atoms. The molecule has 2 aliphatic rings. The Morgan fingerprint density at radius 1 is 1.14 bits per heavy atom. The number of hydrogen-bond acceptors (Lipinski definition) is 7. The molecule has 2 fully saturated rings. The second kappa shape index (κ2) is 7.56. The zero-order valence-corrected chi connectivity index (χ0v) is 16.9. The molecule has 0 spiro atoms. The van der Waals surface area contributed by atoms with Crippen molar-refractivity contribution < 1.29 is 27.5 Å². The zero-order valence-electron chi connectivity index (χ0n) is 16.1. The Kier molecular flexibility index (Phi) is 5.49. The summed E-state index contributed by atoms with van der Waals surface area (Å²) < 4.78 is 37.1. The molecule has 0 aromatic heterocycles. The van der Waals surface area contributed by atoms with Crippen LogP contribution in [0.5, 0.6) is 0 Å². The summed E-state index contributed by atoms with van der Waals surface area (Å²) in [5, 5.41) is 2.80. The van der Waals surface area contributed by atoms with Gasteiger partial charge in [0.1, 0.15) is 0 Å². The van der Waals surface area contributed by atoms with E-state index in [0.717, 1.165) is 12.8 Å². The van der Waals surface area contributed by atoms with Crippen LogP contribution in [0, 0.1) is 5.92 Å². The molecular formula is C19H24N2O6S. The lowest BCUT2D eigenvalue weighted by Gasteiger charge is -2.30. The molecular weight excluding hydrogens is 384 g/mol. The van der Waals surface area contributed by atoms with Gasteiger partial charge in [0, 0.05) is 38.8 Å². The number of piperidine rings is 1. The van der Waals surface area contributed by atoms with Gasteiger partial charge >= 0.3 is 11.9 Å². The van der Waals surface area contributed by atoms with Crippen LogP contribution in [0.3, 0.4) is 0 Å². The maximum Gasteiger partial charge on any atom is 0.350 e. The molecule has 0 radical (unpaired) electrons. The third-order valence-electron chi connectivity index (χ3n) is 4.61. The van der Waals surface area contributed by atoms with Crippen LogP contribution in [0.1, 0.15) is 33.6 Å². The number of sulfonamides is 1. The summed E-state index contributed by atoms with van der Waals surface area (Å²) in [5.74, 6) is -2.52. The summed E-state index contributed by atoms with van der Waals surface area (Å²) in [4.78, 5) is 24.0. The van der Waals surface area contributed by atoms with Crippen molar-refractivity contribution >= 4 is 27.6 Å². The van der Waals surface area contributed by atoms with Gasteiger partial charge in [-0.05, 0) is 43.0 Å². The number of esters is 2. The van der Waals surface area contributed by atoms with Gasteiger partial charge in [-0.15, -0.1) is 0 Å². The summed E-state index contributed by atoms with van der Waals surface area (Å²) in [6, 6.07) is 6.13. The highest BCUT2D eigenvalue weighted by molar-refractivity contribution is 7.89. The molecule has 1 atom stereocenters. The van der Waals surface area contributed by atoms with Crippen LogP contribution in [0.2, 0.25) is 0 Å². The first-order valence-corrected chi connectivity index (χ1v) is 10.6. The number of cyclic esters (lactones) is 2. The van der Waals surface area contributed by atoms with Gasteiger partial charge in [0.2, 0.25) is 10.0 Å². The molecule has 152 valence electrons. The lowest BCUT2D eigenvalue weighted by atomic mass is 10.0. The number of carbonyl (C=O) groups excluding carboxylic acids is 2. The van der Waals surface area contributed by atoms with Crippen LogP contribution in [-0.2, 0) is 29.1 Å². The van der Waals surface area contributed by atoms with E-state index in [4.69, 9.17) is 9.47 Å². The molecule has 2 aliphatic heterocycles. The Morgan fingerprint density at radius 2 is 1.75 bits per heavy atom. The molecule has 28 heavy (non-hydrogen) atoms. The lowest BCUT2D eigenvalue weighted by Crippen LogP contribution is -2.42. The monoisotopic (exact) mass is 408 g/mol. The largest absolute Gasteiger partial charge is 0.419 e. The van der Waals surface area contributed by atoms with Crippen molar-refractivity contribution in [1.29, 1.82) is 0 Å². The first-order chi connectivity index (χ1) is 13.1. The lowest BCUT2D eigenvalue weighted by molar-refractivity contribution is -0.222. The Bertz CT molecular complexity index is 883. The smallest absolute Gasteiger partial charge is 0.350 e. The van der Waals surface area contributed by atoms with Crippen molar-refractivity contribution in [3.05, 3.63) is 36.0 Å². The van der Waals surface area contributed by atoms with E-state index in [0.29, 0.717) is 24.7 Å². The molecule has 3 rings (SSSR count). The fraction of sp³-hybridized carbons (Fsp3) is 0.474. The van der Waals surface area contributed by atoms with E-state index in [-0.39, 0.29) is 10.5 Å². The van der Waals surface area contributed by atoms with Crippen molar-refractivity contribution in [1.82, 2.24) is 4.31 Å². The molecule has 0 saturated carbocycles. The van der Waals surface area contributed by atoms with Crippen molar-refractivity contribution in [3.8, 4) is 0 Å². The summed E-state index contributed by atoms with van der Waals surface area (Å²) in [6.45, 7) is 6.03. The number of carbonyl (C=O) groups is 2. The summed E-state index contributed by atoms with van der Waals surface area (Å²) >= 11 is 0. The van der Waals surface area contributed by atoms with Gasteiger partial charge in [-0.1, -0.05) is 6.92 Å². The van der Waals surface area contributed by atoms with Gasteiger partial charge in [-0.25, -0.2) is 18.0 Å².